The number of methoxy groups -OCH3 is 1. The van der Waals surface area contributed by atoms with Crippen LogP contribution >= 0.6 is 11.8 Å². The van der Waals surface area contributed by atoms with Crippen molar-refractivity contribution in [3.8, 4) is 5.75 Å². The van der Waals surface area contributed by atoms with Gasteiger partial charge in [0.1, 0.15) is 5.75 Å². The van der Waals surface area contributed by atoms with Crippen LogP contribution in [0.3, 0.4) is 0 Å². The molecule has 2 N–H and O–H groups in total. The van der Waals surface area contributed by atoms with Crippen molar-refractivity contribution in [2.75, 3.05) is 20.0 Å². The number of rotatable bonds is 8. The Labute approximate surface area is 127 Å². The standard InChI is InChI=1S/C16H27NO2S/c1-6-14(17-12(3)16(10-18)20-5)13-9-11(2)7-8-15(13)19-4/h7-9,12,14,16-18H,6,10H2,1-5H3. The number of ether oxygens (including phenoxy) is 1. The van der Waals surface area contributed by atoms with Gasteiger partial charge in [-0.05, 0) is 32.6 Å². The summed E-state index contributed by atoms with van der Waals surface area (Å²) in [4.78, 5) is 0. The van der Waals surface area contributed by atoms with Crippen molar-refractivity contribution in [1.29, 1.82) is 0 Å². The van der Waals surface area contributed by atoms with E-state index in [4.69, 9.17) is 4.74 Å². The minimum Gasteiger partial charge on any atom is -0.496 e. The van der Waals surface area contributed by atoms with Crippen molar-refractivity contribution < 1.29 is 9.84 Å². The zero-order valence-electron chi connectivity index (χ0n) is 13.1. The van der Waals surface area contributed by atoms with Gasteiger partial charge in [0.05, 0.1) is 13.7 Å². The van der Waals surface area contributed by atoms with Gasteiger partial charge in [-0.1, -0.05) is 24.6 Å². The van der Waals surface area contributed by atoms with Gasteiger partial charge in [0.2, 0.25) is 0 Å². The summed E-state index contributed by atoms with van der Waals surface area (Å²) in [6.07, 6.45) is 3.02. The third kappa shape index (κ3) is 4.40. The first-order chi connectivity index (χ1) is 9.57. The number of aryl methyl sites for hydroxylation is 1. The summed E-state index contributed by atoms with van der Waals surface area (Å²) in [5, 5.41) is 13.2. The Hall–Kier alpha value is -0.710. The summed E-state index contributed by atoms with van der Waals surface area (Å²) < 4.78 is 5.48. The van der Waals surface area contributed by atoms with Gasteiger partial charge in [-0.25, -0.2) is 0 Å². The molecule has 3 unspecified atom stereocenters. The molecule has 0 bridgehead atoms. The van der Waals surface area contributed by atoms with E-state index in [0.717, 1.165) is 12.2 Å². The Bertz CT molecular complexity index is 407. The number of hydrogen-bond acceptors (Lipinski definition) is 4. The lowest BCUT2D eigenvalue weighted by atomic mass is 9.99. The Morgan fingerprint density at radius 3 is 2.60 bits per heavy atom. The molecular weight excluding hydrogens is 270 g/mol. The topological polar surface area (TPSA) is 41.5 Å². The Kier molecular flexibility index (Phi) is 7.41. The lowest BCUT2D eigenvalue weighted by molar-refractivity contribution is 0.269. The number of hydrogen-bond donors (Lipinski definition) is 2. The molecule has 0 aliphatic rings. The van der Waals surface area contributed by atoms with Crippen molar-refractivity contribution in [2.45, 2.75) is 44.5 Å². The fourth-order valence-corrected chi connectivity index (χ4v) is 3.05. The van der Waals surface area contributed by atoms with Gasteiger partial charge in [-0.15, -0.1) is 0 Å². The van der Waals surface area contributed by atoms with Crippen LogP contribution < -0.4 is 10.1 Å². The van der Waals surface area contributed by atoms with E-state index in [1.54, 1.807) is 18.9 Å². The van der Waals surface area contributed by atoms with Crippen molar-refractivity contribution in [3.05, 3.63) is 29.3 Å². The molecule has 0 aliphatic carbocycles. The molecule has 0 spiro atoms. The van der Waals surface area contributed by atoms with E-state index < -0.39 is 0 Å². The molecule has 0 saturated heterocycles. The average Bonchev–Trinajstić information content (AvgIpc) is 2.46. The van der Waals surface area contributed by atoms with Gasteiger partial charge in [0.25, 0.3) is 0 Å². The molecular formula is C16H27NO2S. The van der Waals surface area contributed by atoms with Crippen LogP contribution in [0.5, 0.6) is 5.75 Å². The van der Waals surface area contributed by atoms with E-state index in [9.17, 15) is 5.11 Å². The van der Waals surface area contributed by atoms with Gasteiger partial charge >= 0.3 is 0 Å². The van der Waals surface area contributed by atoms with Gasteiger partial charge in [0.15, 0.2) is 0 Å². The molecule has 1 aromatic carbocycles. The first-order valence-electron chi connectivity index (χ1n) is 7.11. The lowest BCUT2D eigenvalue weighted by Crippen LogP contribution is -2.39. The summed E-state index contributed by atoms with van der Waals surface area (Å²) in [7, 11) is 1.71. The maximum atomic E-state index is 9.41. The third-order valence-corrected chi connectivity index (χ3v) is 4.84. The van der Waals surface area contributed by atoms with E-state index in [1.165, 1.54) is 11.1 Å². The molecule has 3 nitrogen and oxygen atoms in total. The van der Waals surface area contributed by atoms with Crippen LogP contribution in [-0.4, -0.2) is 36.4 Å². The van der Waals surface area contributed by atoms with Crippen LogP contribution in [0.25, 0.3) is 0 Å². The predicted octanol–water partition coefficient (Wildman–Crippen LogP) is 3.16. The second kappa shape index (κ2) is 8.55. The average molecular weight is 297 g/mol. The van der Waals surface area contributed by atoms with Crippen molar-refractivity contribution >= 4 is 11.8 Å². The van der Waals surface area contributed by atoms with E-state index in [2.05, 4.69) is 38.2 Å². The number of thioether (sulfide) groups is 1. The van der Waals surface area contributed by atoms with Crippen LogP contribution in [0.2, 0.25) is 0 Å². The zero-order valence-corrected chi connectivity index (χ0v) is 14.0. The van der Waals surface area contributed by atoms with Gasteiger partial charge in [-0.2, -0.15) is 11.8 Å². The molecule has 20 heavy (non-hydrogen) atoms. The van der Waals surface area contributed by atoms with E-state index in [0.29, 0.717) is 0 Å². The summed E-state index contributed by atoms with van der Waals surface area (Å²) in [6.45, 7) is 6.58. The molecule has 0 amide bonds. The monoisotopic (exact) mass is 297 g/mol. The molecule has 4 heteroatoms. The Morgan fingerprint density at radius 1 is 1.40 bits per heavy atom. The Balaban J connectivity index is 2.93. The molecule has 0 aliphatic heterocycles. The maximum Gasteiger partial charge on any atom is 0.123 e. The first kappa shape index (κ1) is 17.3. The van der Waals surface area contributed by atoms with Crippen LogP contribution in [0.15, 0.2) is 18.2 Å². The summed E-state index contributed by atoms with van der Waals surface area (Å²) >= 11 is 1.70. The largest absolute Gasteiger partial charge is 0.496 e. The van der Waals surface area contributed by atoms with Crippen LogP contribution in [0.1, 0.15) is 37.4 Å². The van der Waals surface area contributed by atoms with Gasteiger partial charge < -0.3 is 15.2 Å². The quantitative estimate of drug-likeness (QED) is 0.773. The summed E-state index contributed by atoms with van der Waals surface area (Å²) in [5.41, 5.74) is 2.43. The molecule has 0 radical (unpaired) electrons. The number of aliphatic hydroxyl groups excluding tert-OH is 1. The fourth-order valence-electron chi connectivity index (χ4n) is 2.42. The number of benzene rings is 1. The fraction of sp³-hybridized carbons (Fsp3) is 0.625. The van der Waals surface area contributed by atoms with Crippen molar-refractivity contribution in [1.82, 2.24) is 5.32 Å². The SMILES string of the molecule is CCC(NC(C)C(CO)SC)c1cc(C)ccc1OC. The summed E-state index contributed by atoms with van der Waals surface area (Å²) in [6, 6.07) is 6.75. The molecule has 3 atom stereocenters. The highest BCUT2D eigenvalue weighted by Gasteiger charge is 2.21. The van der Waals surface area contributed by atoms with Crippen molar-refractivity contribution in [3.63, 3.8) is 0 Å². The maximum absolute atomic E-state index is 9.41. The smallest absolute Gasteiger partial charge is 0.123 e. The van der Waals surface area contributed by atoms with Crippen molar-refractivity contribution in [2.24, 2.45) is 0 Å². The number of nitrogens with one attached hydrogen (secondary N) is 1. The first-order valence-corrected chi connectivity index (χ1v) is 8.40. The van der Waals surface area contributed by atoms with Crippen LogP contribution in [0.4, 0.5) is 0 Å². The second-order valence-corrected chi connectivity index (χ2v) is 6.20. The van der Waals surface area contributed by atoms with Crippen LogP contribution in [0, 0.1) is 6.92 Å². The third-order valence-electron chi connectivity index (χ3n) is 3.67. The molecule has 0 heterocycles. The Morgan fingerprint density at radius 2 is 2.10 bits per heavy atom. The minimum absolute atomic E-state index is 0.191. The zero-order chi connectivity index (χ0) is 15.1. The summed E-state index contributed by atoms with van der Waals surface area (Å²) in [5.74, 6) is 0.923. The highest BCUT2D eigenvalue weighted by Crippen LogP contribution is 2.29. The molecule has 0 saturated carbocycles. The molecule has 1 aromatic rings. The predicted molar refractivity (Wildman–Crippen MR) is 87.7 cm³/mol. The van der Waals surface area contributed by atoms with E-state index in [-0.39, 0.29) is 23.9 Å². The number of aliphatic hydroxyl groups is 1. The van der Waals surface area contributed by atoms with Crippen LogP contribution in [-0.2, 0) is 0 Å². The van der Waals surface area contributed by atoms with Gasteiger partial charge in [0, 0.05) is 22.9 Å². The molecule has 114 valence electrons. The normalized spacial score (nSPS) is 15.7. The minimum atomic E-state index is 0.191. The molecule has 0 aromatic heterocycles. The highest BCUT2D eigenvalue weighted by molar-refractivity contribution is 7.99. The van der Waals surface area contributed by atoms with Gasteiger partial charge in [-0.3, -0.25) is 0 Å². The molecule has 1 rings (SSSR count). The highest BCUT2D eigenvalue weighted by atomic mass is 32.2. The lowest BCUT2D eigenvalue weighted by Gasteiger charge is -2.28. The van der Waals surface area contributed by atoms with E-state index >= 15 is 0 Å². The van der Waals surface area contributed by atoms with E-state index in [1.807, 2.05) is 12.3 Å². The molecule has 0 fully saturated rings. The second-order valence-electron chi connectivity index (χ2n) is 5.12.